The highest BCUT2D eigenvalue weighted by Crippen LogP contribution is 2.24. The van der Waals surface area contributed by atoms with Gasteiger partial charge in [0.1, 0.15) is 17.3 Å². The Morgan fingerprint density at radius 1 is 1.38 bits per heavy atom. The molecule has 1 saturated heterocycles. The van der Waals surface area contributed by atoms with E-state index >= 15 is 0 Å². The molecule has 0 aromatic heterocycles. The van der Waals surface area contributed by atoms with E-state index in [0.29, 0.717) is 13.0 Å². The Bertz CT molecular complexity index is 558. The number of hydrogen-bond donors (Lipinski definition) is 1. The number of benzene rings is 1. The lowest BCUT2D eigenvalue weighted by atomic mass is 9.92. The summed E-state index contributed by atoms with van der Waals surface area (Å²) >= 11 is 0. The molecular formula is C16H22N2O3. The summed E-state index contributed by atoms with van der Waals surface area (Å²) < 4.78 is 5.20. The standard InChI is InChI=1S/C16H22N2O3/c1-5-16(3)15(20)18(11(2)14(19)17-16)10-12-7-6-8-13(9-12)21-4/h6-9,11H,5,10H2,1-4H3,(H,17,19). The topological polar surface area (TPSA) is 58.6 Å². The van der Waals surface area contributed by atoms with Crippen molar-refractivity contribution in [3.63, 3.8) is 0 Å². The van der Waals surface area contributed by atoms with Gasteiger partial charge in [0, 0.05) is 6.54 Å². The Labute approximate surface area is 125 Å². The predicted octanol–water partition coefficient (Wildman–Crippen LogP) is 1.71. The molecule has 1 aliphatic heterocycles. The minimum atomic E-state index is -0.817. The molecule has 2 atom stereocenters. The second kappa shape index (κ2) is 5.76. The van der Waals surface area contributed by atoms with Gasteiger partial charge in [0.05, 0.1) is 7.11 Å². The van der Waals surface area contributed by atoms with Crippen molar-refractivity contribution >= 4 is 11.8 Å². The number of amides is 2. The molecule has 5 nitrogen and oxygen atoms in total. The quantitative estimate of drug-likeness (QED) is 0.918. The molecule has 1 heterocycles. The van der Waals surface area contributed by atoms with E-state index in [2.05, 4.69) is 5.32 Å². The minimum absolute atomic E-state index is 0.0417. The molecule has 2 amide bonds. The van der Waals surface area contributed by atoms with Crippen molar-refractivity contribution in [3.8, 4) is 5.75 Å². The van der Waals surface area contributed by atoms with Gasteiger partial charge >= 0.3 is 0 Å². The van der Waals surface area contributed by atoms with E-state index in [1.165, 1.54) is 0 Å². The zero-order valence-corrected chi connectivity index (χ0v) is 13.0. The number of piperazine rings is 1. The third-order valence-corrected chi connectivity index (χ3v) is 4.17. The van der Waals surface area contributed by atoms with Gasteiger partial charge in [0.25, 0.3) is 0 Å². The molecule has 1 N–H and O–H groups in total. The van der Waals surface area contributed by atoms with E-state index in [0.717, 1.165) is 11.3 Å². The van der Waals surface area contributed by atoms with Crippen LogP contribution in [0.2, 0.25) is 0 Å². The maximum Gasteiger partial charge on any atom is 0.248 e. The molecule has 1 aromatic carbocycles. The van der Waals surface area contributed by atoms with Crippen LogP contribution in [0.25, 0.3) is 0 Å². The Balaban J connectivity index is 2.27. The van der Waals surface area contributed by atoms with Crippen LogP contribution >= 0.6 is 0 Å². The fourth-order valence-electron chi connectivity index (χ4n) is 2.48. The SMILES string of the molecule is CCC1(C)NC(=O)C(C)N(Cc2cccc(OC)c2)C1=O. The van der Waals surface area contributed by atoms with E-state index in [4.69, 9.17) is 4.74 Å². The first-order valence-electron chi connectivity index (χ1n) is 7.17. The molecule has 21 heavy (non-hydrogen) atoms. The summed E-state index contributed by atoms with van der Waals surface area (Å²) in [4.78, 5) is 26.4. The van der Waals surface area contributed by atoms with Crippen LogP contribution in [0.3, 0.4) is 0 Å². The van der Waals surface area contributed by atoms with Crippen molar-refractivity contribution in [2.24, 2.45) is 0 Å². The largest absolute Gasteiger partial charge is 0.497 e. The number of hydrogen-bond acceptors (Lipinski definition) is 3. The molecule has 0 aliphatic carbocycles. The zero-order chi connectivity index (χ0) is 15.6. The monoisotopic (exact) mass is 290 g/mol. The maximum atomic E-state index is 12.7. The molecule has 5 heteroatoms. The first kappa shape index (κ1) is 15.4. The Morgan fingerprint density at radius 3 is 2.71 bits per heavy atom. The lowest BCUT2D eigenvalue weighted by molar-refractivity contribution is -0.154. The van der Waals surface area contributed by atoms with Crippen LogP contribution in [0.4, 0.5) is 0 Å². The summed E-state index contributed by atoms with van der Waals surface area (Å²) in [5, 5.41) is 2.83. The molecule has 0 spiro atoms. The second-order valence-corrected chi connectivity index (χ2v) is 5.64. The van der Waals surface area contributed by atoms with Gasteiger partial charge in [-0.3, -0.25) is 9.59 Å². The van der Waals surface area contributed by atoms with Crippen LogP contribution in [0.5, 0.6) is 5.75 Å². The van der Waals surface area contributed by atoms with E-state index in [1.807, 2.05) is 31.2 Å². The maximum absolute atomic E-state index is 12.7. The lowest BCUT2D eigenvalue weighted by Crippen LogP contribution is -2.68. The molecule has 2 unspecified atom stereocenters. The number of ether oxygens (including phenoxy) is 1. The fraction of sp³-hybridized carbons (Fsp3) is 0.500. The molecule has 0 bridgehead atoms. The van der Waals surface area contributed by atoms with Gasteiger partial charge in [-0.05, 0) is 38.0 Å². The summed E-state index contributed by atoms with van der Waals surface area (Å²) in [6.45, 7) is 5.83. The molecule has 0 saturated carbocycles. The summed E-state index contributed by atoms with van der Waals surface area (Å²) in [6, 6.07) is 7.08. The molecule has 1 fully saturated rings. The third kappa shape index (κ3) is 2.86. The molecule has 1 aromatic rings. The Kier molecular flexibility index (Phi) is 4.21. The van der Waals surface area contributed by atoms with E-state index < -0.39 is 11.6 Å². The van der Waals surface area contributed by atoms with Crippen molar-refractivity contribution in [1.82, 2.24) is 10.2 Å². The summed E-state index contributed by atoms with van der Waals surface area (Å²) in [6.07, 6.45) is 0.568. The van der Waals surface area contributed by atoms with Gasteiger partial charge in [0.15, 0.2) is 0 Å². The second-order valence-electron chi connectivity index (χ2n) is 5.64. The number of carbonyl (C=O) groups excluding carboxylic acids is 2. The van der Waals surface area contributed by atoms with E-state index in [-0.39, 0.29) is 11.8 Å². The predicted molar refractivity (Wildman–Crippen MR) is 79.8 cm³/mol. The number of nitrogens with zero attached hydrogens (tertiary/aromatic N) is 1. The average molecular weight is 290 g/mol. The van der Waals surface area contributed by atoms with Gasteiger partial charge in [-0.25, -0.2) is 0 Å². The van der Waals surface area contributed by atoms with Crippen LogP contribution in [0.1, 0.15) is 32.8 Å². The highest BCUT2D eigenvalue weighted by molar-refractivity contribution is 5.99. The van der Waals surface area contributed by atoms with Gasteiger partial charge in [-0.2, -0.15) is 0 Å². The Hall–Kier alpha value is -2.04. The van der Waals surface area contributed by atoms with Gasteiger partial charge in [0.2, 0.25) is 11.8 Å². The number of nitrogens with one attached hydrogen (secondary N) is 1. The number of methoxy groups -OCH3 is 1. The van der Waals surface area contributed by atoms with Gasteiger partial charge < -0.3 is 15.0 Å². The molecule has 114 valence electrons. The third-order valence-electron chi connectivity index (χ3n) is 4.17. The zero-order valence-electron chi connectivity index (χ0n) is 13.0. The smallest absolute Gasteiger partial charge is 0.248 e. The van der Waals surface area contributed by atoms with E-state index in [9.17, 15) is 9.59 Å². The van der Waals surface area contributed by atoms with Crippen molar-refractivity contribution < 1.29 is 14.3 Å². The first-order valence-corrected chi connectivity index (χ1v) is 7.17. The first-order chi connectivity index (χ1) is 9.91. The van der Waals surface area contributed by atoms with Crippen LogP contribution in [-0.2, 0) is 16.1 Å². The number of rotatable bonds is 4. The van der Waals surface area contributed by atoms with E-state index in [1.54, 1.807) is 25.9 Å². The van der Waals surface area contributed by atoms with Crippen LogP contribution in [-0.4, -0.2) is 35.4 Å². The highest BCUT2D eigenvalue weighted by Gasteiger charge is 2.45. The van der Waals surface area contributed by atoms with Crippen LogP contribution in [0, 0.1) is 0 Å². The number of carbonyl (C=O) groups is 2. The summed E-state index contributed by atoms with van der Waals surface area (Å²) in [7, 11) is 1.61. The normalized spacial score (nSPS) is 25.7. The van der Waals surface area contributed by atoms with Crippen molar-refractivity contribution in [2.75, 3.05) is 7.11 Å². The van der Waals surface area contributed by atoms with Crippen LogP contribution < -0.4 is 10.1 Å². The Morgan fingerprint density at radius 2 is 2.10 bits per heavy atom. The van der Waals surface area contributed by atoms with Crippen LogP contribution in [0.15, 0.2) is 24.3 Å². The highest BCUT2D eigenvalue weighted by atomic mass is 16.5. The van der Waals surface area contributed by atoms with Crippen molar-refractivity contribution in [2.45, 2.75) is 45.3 Å². The van der Waals surface area contributed by atoms with Crippen molar-refractivity contribution in [1.29, 1.82) is 0 Å². The van der Waals surface area contributed by atoms with Gasteiger partial charge in [-0.1, -0.05) is 19.1 Å². The molecular weight excluding hydrogens is 268 g/mol. The minimum Gasteiger partial charge on any atom is -0.497 e. The van der Waals surface area contributed by atoms with Crippen molar-refractivity contribution in [3.05, 3.63) is 29.8 Å². The molecule has 0 radical (unpaired) electrons. The molecule has 2 rings (SSSR count). The summed E-state index contributed by atoms with van der Waals surface area (Å²) in [5.74, 6) is 0.592. The lowest BCUT2D eigenvalue weighted by Gasteiger charge is -2.43. The fourth-order valence-corrected chi connectivity index (χ4v) is 2.48. The average Bonchev–Trinajstić information content (AvgIpc) is 2.50. The summed E-state index contributed by atoms with van der Waals surface area (Å²) in [5.41, 5.74) is 0.130. The van der Waals surface area contributed by atoms with Gasteiger partial charge in [-0.15, -0.1) is 0 Å². The molecule has 1 aliphatic rings.